The molecule has 0 aromatic heterocycles. The standard InChI is InChI=1S/C9H17N2.Au/c1-8(2)10-5-6-11(7-10)9(3)4;/h5-9H,1-4H3;/q-1;+1. The minimum atomic E-state index is 0. The van der Waals surface area contributed by atoms with E-state index in [-0.39, 0.29) is 22.4 Å². The Kier molecular flexibility index (Phi) is 4.98. The van der Waals surface area contributed by atoms with Gasteiger partial charge in [-0.3, -0.25) is 0 Å². The minimum absolute atomic E-state index is 0. The third kappa shape index (κ3) is 2.85. The van der Waals surface area contributed by atoms with Crippen molar-refractivity contribution >= 4 is 0 Å². The van der Waals surface area contributed by atoms with Crippen LogP contribution in [0.3, 0.4) is 0 Å². The van der Waals surface area contributed by atoms with Crippen LogP contribution in [0.4, 0.5) is 0 Å². The second-order valence-corrected chi connectivity index (χ2v) is 3.50. The Morgan fingerprint density at radius 1 is 0.917 bits per heavy atom. The molecule has 0 atom stereocenters. The van der Waals surface area contributed by atoms with Crippen molar-refractivity contribution in [2.75, 3.05) is 0 Å². The average molecular weight is 350 g/mol. The third-order valence-electron chi connectivity index (χ3n) is 1.87. The maximum Gasteiger partial charge on any atom is 1.00 e. The van der Waals surface area contributed by atoms with Crippen molar-refractivity contribution < 1.29 is 22.4 Å². The Bertz CT molecular complexity index is 139. The van der Waals surface area contributed by atoms with Gasteiger partial charge < -0.3 is 9.80 Å². The molecular formula is C9H17AuN2. The van der Waals surface area contributed by atoms with Crippen molar-refractivity contribution in [2.24, 2.45) is 0 Å². The summed E-state index contributed by atoms with van der Waals surface area (Å²) < 4.78 is 0. The maximum absolute atomic E-state index is 2.21. The molecular weight excluding hydrogens is 333 g/mol. The van der Waals surface area contributed by atoms with Crippen LogP contribution in [0.25, 0.3) is 0 Å². The van der Waals surface area contributed by atoms with E-state index >= 15 is 0 Å². The topological polar surface area (TPSA) is 6.48 Å². The smallest absolute Gasteiger partial charge is 0.506 e. The van der Waals surface area contributed by atoms with Crippen LogP contribution in [0.15, 0.2) is 12.4 Å². The summed E-state index contributed by atoms with van der Waals surface area (Å²) in [5.41, 5.74) is 0. The summed E-state index contributed by atoms with van der Waals surface area (Å²) >= 11 is 0. The fourth-order valence-corrected chi connectivity index (χ4v) is 0.996. The number of rotatable bonds is 2. The van der Waals surface area contributed by atoms with E-state index in [4.69, 9.17) is 0 Å². The van der Waals surface area contributed by atoms with Crippen molar-refractivity contribution in [1.29, 1.82) is 0 Å². The molecule has 0 saturated carbocycles. The van der Waals surface area contributed by atoms with Crippen molar-refractivity contribution in [3.05, 3.63) is 19.1 Å². The van der Waals surface area contributed by atoms with E-state index < -0.39 is 0 Å². The van der Waals surface area contributed by atoms with Crippen LogP contribution in [0.2, 0.25) is 0 Å². The fraction of sp³-hybridized carbons (Fsp3) is 0.667. The maximum atomic E-state index is 2.21. The summed E-state index contributed by atoms with van der Waals surface area (Å²) in [5, 5.41) is 0. The van der Waals surface area contributed by atoms with Gasteiger partial charge in [0.25, 0.3) is 0 Å². The molecule has 0 unspecified atom stereocenters. The van der Waals surface area contributed by atoms with Gasteiger partial charge in [0.15, 0.2) is 0 Å². The first-order chi connectivity index (χ1) is 5.11. The summed E-state index contributed by atoms with van der Waals surface area (Å²) in [6.45, 7) is 10.9. The fourth-order valence-electron chi connectivity index (χ4n) is 0.996. The summed E-state index contributed by atoms with van der Waals surface area (Å²) in [6.07, 6.45) is 4.23. The molecule has 3 heteroatoms. The zero-order chi connectivity index (χ0) is 8.43. The monoisotopic (exact) mass is 350 g/mol. The summed E-state index contributed by atoms with van der Waals surface area (Å²) in [7, 11) is 0. The van der Waals surface area contributed by atoms with Gasteiger partial charge in [0.2, 0.25) is 0 Å². The molecule has 1 aliphatic heterocycles. The van der Waals surface area contributed by atoms with Crippen molar-refractivity contribution in [3.63, 3.8) is 0 Å². The van der Waals surface area contributed by atoms with Crippen LogP contribution >= 0.6 is 0 Å². The van der Waals surface area contributed by atoms with Gasteiger partial charge in [-0.2, -0.15) is 6.67 Å². The molecule has 0 aromatic rings. The van der Waals surface area contributed by atoms with Crippen LogP contribution in [0, 0.1) is 6.67 Å². The van der Waals surface area contributed by atoms with E-state index in [2.05, 4.69) is 56.6 Å². The molecule has 0 aliphatic carbocycles. The largest absolute Gasteiger partial charge is 1.00 e. The van der Waals surface area contributed by atoms with Crippen molar-refractivity contribution in [2.45, 2.75) is 39.8 Å². The first kappa shape index (κ1) is 12.1. The van der Waals surface area contributed by atoms with E-state index in [1.807, 2.05) is 0 Å². The van der Waals surface area contributed by atoms with Crippen LogP contribution in [0.5, 0.6) is 0 Å². The van der Waals surface area contributed by atoms with Gasteiger partial charge in [-0.05, 0) is 52.2 Å². The molecule has 1 aliphatic rings. The van der Waals surface area contributed by atoms with Crippen LogP contribution in [-0.2, 0) is 22.4 Å². The first-order valence-corrected chi connectivity index (χ1v) is 4.19. The first-order valence-electron chi connectivity index (χ1n) is 4.19. The molecule has 0 spiro atoms. The van der Waals surface area contributed by atoms with E-state index in [9.17, 15) is 0 Å². The Morgan fingerprint density at radius 2 is 1.25 bits per heavy atom. The third-order valence-corrected chi connectivity index (χ3v) is 1.87. The average Bonchev–Trinajstić information content (AvgIpc) is 2.33. The molecule has 1 rings (SSSR count). The van der Waals surface area contributed by atoms with Crippen LogP contribution < -0.4 is 0 Å². The molecule has 12 heavy (non-hydrogen) atoms. The van der Waals surface area contributed by atoms with Gasteiger partial charge in [0.05, 0.1) is 0 Å². The molecule has 0 aromatic carbocycles. The Morgan fingerprint density at radius 3 is 1.42 bits per heavy atom. The molecule has 0 saturated heterocycles. The van der Waals surface area contributed by atoms with Gasteiger partial charge in [0.1, 0.15) is 0 Å². The summed E-state index contributed by atoms with van der Waals surface area (Å²) in [4.78, 5) is 4.42. The predicted molar refractivity (Wildman–Crippen MR) is 47.4 cm³/mol. The van der Waals surface area contributed by atoms with Gasteiger partial charge >= 0.3 is 22.4 Å². The minimum Gasteiger partial charge on any atom is -0.506 e. The molecule has 2 nitrogen and oxygen atoms in total. The van der Waals surface area contributed by atoms with E-state index in [1.165, 1.54) is 0 Å². The number of hydrogen-bond donors (Lipinski definition) is 0. The van der Waals surface area contributed by atoms with Gasteiger partial charge in [-0.25, -0.2) is 0 Å². The quantitative estimate of drug-likeness (QED) is 0.555. The molecule has 74 valence electrons. The predicted octanol–water partition coefficient (Wildman–Crippen LogP) is 2.01. The molecule has 0 fully saturated rings. The Labute approximate surface area is 91.1 Å². The SMILES string of the molecule is CC(C)N1C=CN(C(C)C)[CH-]1.[Au+]. The molecule has 0 bridgehead atoms. The molecule has 1 heterocycles. The Hall–Kier alpha value is 0.0803. The van der Waals surface area contributed by atoms with E-state index in [0.717, 1.165) is 0 Å². The number of nitrogens with zero attached hydrogens (tertiary/aromatic N) is 2. The van der Waals surface area contributed by atoms with Crippen LogP contribution in [-0.4, -0.2) is 21.9 Å². The molecule has 0 N–H and O–H groups in total. The number of hydrogen-bond acceptors (Lipinski definition) is 2. The van der Waals surface area contributed by atoms with Gasteiger partial charge in [0, 0.05) is 0 Å². The second kappa shape index (κ2) is 4.95. The molecule has 0 radical (unpaired) electrons. The Balaban J connectivity index is 0.00000121. The van der Waals surface area contributed by atoms with Gasteiger partial charge in [-0.1, -0.05) is 0 Å². The zero-order valence-electron chi connectivity index (χ0n) is 8.08. The van der Waals surface area contributed by atoms with Crippen molar-refractivity contribution in [3.8, 4) is 0 Å². The summed E-state index contributed by atoms with van der Waals surface area (Å²) in [5.74, 6) is 0. The van der Waals surface area contributed by atoms with E-state index in [1.54, 1.807) is 0 Å². The second-order valence-electron chi connectivity index (χ2n) is 3.50. The van der Waals surface area contributed by atoms with Crippen molar-refractivity contribution in [1.82, 2.24) is 9.80 Å². The van der Waals surface area contributed by atoms with Crippen LogP contribution in [0.1, 0.15) is 27.7 Å². The molecule has 0 amide bonds. The van der Waals surface area contributed by atoms with Gasteiger partial charge in [-0.15, -0.1) is 0 Å². The normalized spacial score (nSPS) is 16.2. The zero-order valence-corrected chi connectivity index (χ0v) is 10.2. The van der Waals surface area contributed by atoms with E-state index in [0.29, 0.717) is 12.1 Å². The summed E-state index contributed by atoms with van der Waals surface area (Å²) in [6, 6.07) is 1.13.